The maximum absolute atomic E-state index is 12.0. The second-order valence-corrected chi connectivity index (χ2v) is 9.22. The number of hydrogen-bond acceptors (Lipinski definition) is 5. The molecular formula is C26H35NO4. The summed E-state index contributed by atoms with van der Waals surface area (Å²) < 4.78 is 17.4. The summed E-state index contributed by atoms with van der Waals surface area (Å²) in [6.45, 7) is 13.4. The van der Waals surface area contributed by atoms with E-state index in [9.17, 15) is 4.79 Å². The molecule has 0 aliphatic carbocycles. The molecule has 31 heavy (non-hydrogen) atoms. The molecule has 1 atom stereocenters. The maximum Gasteiger partial charge on any atom is 0.307 e. The van der Waals surface area contributed by atoms with Crippen LogP contribution in [0.2, 0.25) is 0 Å². The van der Waals surface area contributed by atoms with Crippen molar-refractivity contribution in [3.8, 4) is 5.75 Å². The van der Waals surface area contributed by atoms with Gasteiger partial charge < -0.3 is 14.2 Å². The number of ether oxygens (including phenoxy) is 3. The zero-order valence-electron chi connectivity index (χ0n) is 19.4. The number of morpholine rings is 1. The molecule has 2 aromatic rings. The molecule has 2 aromatic carbocycles. The van der Waals surface area contributed by atoms with Gasteiger partial charge in [0.25, 0.3) is 0 Å². The van der Waals surface area contributed by atoms with Gasteiger partial charge in [0.15, 0.2) is 0 Å². The summed E-state index contributed by atoms with van der Waals surface area (Å²) in [5, 5.41) is 0. The van der Waals surface area contributed by atoms with E-state index in [1.807, 2.05) is 32.9 Å². The lowest BCUT2D eigenvalue weighted by Crippen LogP contribution is -2.39. The van der Waals surface area contributed by atoms with Crippen molar-refractivity contribution < 1.29 is 19.0 Å². The van der Waals surface area contributed by atoms with Crippen LogP contribution in [0.5, 0.6) is 5.75 Å². The third-order valence-corrected chi connectivity index (χ3v) is 5.48. The van der Waals surface area contributed by atoms with Crippen molar-refractivity contribution in [1.29, 1.82) is 0 Å². The molecule has 0 amide bonds. The standard InChI is InChI=1S/C26H35NO4/c1-19-7-6-8-20(2)23(19)18-30-22-11-9-21(10-12-22)24-17-27(15-16-29-24)14-13-25(28)31-26(3,4)5/h6-12,24H,13-18H2,1-5H3. The molecule has 1 heterocycles. The molecule has 1 aliphatic rings. The Balaban J connectivity index is 1.51. The number of nitrogens with zero attached hydrogens (tertiary/aromatic N) is 1. The van der Waals surface area contributed by atoms with Crippen molar-refractivity contribution in [3.05, 3.63) is 64.7 Å². The molecule has 0 saturated carbocycles. The van der Waals surface area contributed by atoms with Gasteiger partial charge in [-0.1, -0.05) is 30.3 Å². The van der Waals surface area contributed by atoms with Gasteiger partial charge in [0.2, 0.25) is 0 Å². The molecule has 1 unspecified atom stereocenters. The summed E-state index contributed by atoms with van der Waals surface area (Å²) in [7, 11) is 0. The van der Waals surface area contributed by atoms with E-state index in [0.29, 0.717) is 26.2 Å². The average Bonchev–Trinajstić information content (AvgIpc) is 2.71. The highest BCUT2D eigenvalue weighted by molar-refractivity contribution is 5.70. The summed E-state index contributed by atoms with van der Waals surface area (Å²) in [5.74, 6) is 0.699. The van der Waals surface area contributed by atoms with Gasteiger partial charge in [-0.3, -0.25) is 9.69 Å². The van der Waals surface area contributed by atoms with Gasteiger partial charge in [-0.2, -0.15) is 0 Å². The van der Waals surface area contributed by atoms with Crippen LogP contribution in [0.25, 0.3) is 0 Å². The average molecular weight is 426 g/mol. The number of rotatable bonds is 7. The van der Waals surface area contributed by atoms with E-state index in [1.165, 1.54) is 16.7 Å². The van der Waals surface area contributed by atoms with E-state index in [-0.39, 0.29) is 12.1 Å². The van der Waals surface area contributed by atoms with Crippen LogP contribution in [0.3, 0.4) is 0 Å². The van der Waals surface area contributed by atoms with Crippen LogP contribution in [0.1, 0.15) is 55.5 Å². The van der Waals surface area contributed by atoms with E-state index >= 15 is 0 Å². The molecule has 5 nitrogen and oxygen atoms in total. The molecule has 5 heteroatoms. The van der Waals surface area contributed by atoms with Gasteiger partial charge in [-0.15, -0.1) is 0 Å². The van der Waals surface area contributed by atoms with Gasteiger partial charge in [-0.05, 0) is 69.0 Å². The van der Waals surface area contributed by atoms with Crippen LogP contribution in [0.4, 0.5) is 0 Å². The van der Waals surface area contributed by atoms with Gasteiger partial charge in [0.1, 0.15) is 18.0 Å². The fourth-order valence-electron chi connectivity index (χ4n) is 3.76. The molecule has 1 saturated heterocycles. The maximum atomic E-state index is 12.0. The fourth-order valence-corrected chi connectivity index (χ4v) is 3.76. The second kappa shape index (κ2) is 10.3. The van der Waals surface area contributed by atoms with Gasteiger partial charge in [-0.25, -0.2) is 0 Å². The Morgan fingerprint density at radius 2 is 1.77 bits per heavy atom. The number of aryl methyl sites for hydroxylation is 2. The highest BCUT2D eigenvalue weighted by Gasteiger charge is 2.23. The normalized spacial score (nSPS) is 17.4. The molecule has 168 valence electrons. The van der Waals surface area contributed by atoms with Crippen molar-refractivity contribution in [2.75, 3.05) is 26.2 Å². The zero-order valence-corrected chi connectivity index (χ0v) is 19.4. The smallest absolute Gasteiger partial charge is 0.307 e. The van der Waals surface area contributed by atoms with Crippen molar-refractivity contribution in [2.24, 2.45) is 0 Å². The summed E-state index contributed by atoms with van der Waals surface area (Å²) >= 11 is 0. The van der Waals surface area contributed by atoms with E-state index in [2.05, 4.69) is 49.1 Å². The lowest BCUT2D eigenvalue weighted by Gasteiger charge is -2.33. The number of carbonyl (C=O) groups is 1. The Kier molecular flexibility index (Phi) is 7.74. The van der Waals surface area contributed by atoms with Crippen molar-refractivity contribution >= 4 is 5.97 Å². The van der Waals surface area contributed by atoms with E-state index in [1.54, 1.807) is 0 Å². The SMILES string of the molecule is Cc1cccc(C)c1COc1ccc(C2CN(CCC(=O)OC(C)(C)C)CCO2)cc1. The Hall–Kier alpha value is -2.37. The molecule has 3 rings (SSSR count). The molecule has 0 aromatic heterocycles. The number of esters is 1. The molecule has 0 bridgehead atoms. The van der Waals surface area contributed by atoms with Gasteiger partial charge in [0.05, 0.1) is 19.1 Å². The van der Waals surface area contributed by atoms with Crippen molar-refractivity contribution in [2.45, 2.75) is 59.4 Å². The monoisotopic (exact) mass is 425 g/mol. The number of hydrogen-bond donors (Lipinski definition) is 0. The first-order chi connectivity index (χ1) is 14.7. The van der Waals surface area contributed by atoms with Crippen LogP contribution < -0.4 is 4.74 Å². The zero-order chi connectivity index (χ0) is 22.4. The second-order valence-electron chi connectivity index (χ2n) is 9.22. The minimum Gasteiger partial charge on any atom is -0.489 e. The summed E-state index contributed by atoms with van der Waals surface area (Å²) in [5.41, 5.74) is 4.42. The summed E-state index contributed by atoms with van der Waals surface area (Å²) in [6, 6.07) is 14.5. The van der Waals surface area contributed by atoms with Crippen LogP contribution in [-0.4, -0.2) is 42.7 Å². The van der Waals surface area contributed by atoms with Gasteiger partial charge in [0, 0.05) is 19.6 Å². The largest absolute Gasteiger partial charge is 0.489 e. The number of carbonyl (C=O) groups excluding carboxylic acids is 1. The highest BCUT2D eigenvalue weighted by Crippen LogP contribution is 2.25. The summed E-state index contributed by atoms with van der Waals surface area (Å²) in [4.78, 5) is 14.3. The first-order valence-electron chi connectivity index (χ1n) is 11.0. The third kappa shape index (κ3) is 7.08. The Bertz CT molecular complexity index is 850. The quantitative estimate of drug-likeness (QED) is 0.585. The minimum absolute atomic E-state index is 0.0000451. The molecule has 0 radical (unpaired) electrons. The predicted octanol–water partition coefficient (Wildman–Crippen LogP) is 4.99. The van der Waals surface area contributed by atoms with Crippen LogP contribution in [0.15, 0.2) is 42.5 Å². The fraction of sp³-hybridized carbons (Fsp3) is 0.500. The van der Waals surface area contributed by atoms with Crippen LogP contribution >= 0.6 is 0 Å². The predicted molar refractivity (Wildman–Crippen MR) is 122 cm³/mol. The molecular weight excluding hydrogens is 390 g/mol. The lowest BCUT2D eigenvalue weighted by molar-refractivity contribution is -0.155. The molecule has 0 N–H and O–H groups in total. The molecule has 1 fully saturated rings. The first-order valence-corrected chi connectivity index (χ1v) is 11.0. The molecule has 0 spiro atoms. The third-order valence-electron chi connectivity index (χ3n) is 5.48. The molecule has 1 aliphatic heterocycles. The van der Waals surface area contributed by atoms with E-state index in [0.717, 1.165) is 24.4 Å². The topological polar surface area (TPSA) is 48.0 Å². The van der Waals surface area contributed by atoms with Crippen molar-refractivity contribution in [3.63, 3.8) is 0 Å². The van der Waals surface area contributed by atoms with E-state index < -0.39 is 5.60 Å². The first kappa shape index (κ1) is 23.3. The van der Waals surface area contributed by atoms with Crippen LogP contribution in [0, 0.1) is 13.8 Å². The van der Waals surface area contributed by atoms with E-state index in [4.69, 9.17) is 14.2 Å². The Morgan fingerprint density at radius 1 is 1.10 bits per heavy atom. The number of benzene rings is 2. The Labute approximate surface area is 186 Å². The van der Waals surface area contributed by atoms with Crippen LogP contribution in [-0.2, 0) is 20.9 Å². The lowest BCUT2D eigenvalue weighted by atomic mass is 10.0. The summed E-state index contributed by atoms with van der Waals surface area (Å²) in [6.07, 6.45) is 0.398. The van der Waals surface area contributed by atoms with Gasteiger partial charge >= 0.3 is 5.97 Å². The highest BCUT2D eigenvalue weighted by atomic mass is 16.6. The minimum atomic E-state index is -0.438. The Morgan fingerprint density at radius 3 is 2.42 bits per heavy atom. The van der Waals surface area contributed by atoms with Crippen molar-refractivity contribution in [1.82, 2.24) is 4.90 Å².